The molecule has 2 aromatic rings. The fraction of sp³-hybridized carbons (Fsp3) is 0.394. The van der Waals surface area contributed by atoms with Gasteiger partial charge in [0.25, 0.3) is 5.97 Å². The van der Waals surface area contributed by atoms with Crippen LogP contribution in [0.5, 0.6) is 0 Å². The number of hydrogen-bond donors (Lipinski definition) is 7. The van der Waals surface area contributed by atoms with E-state index in [1.807, 2.05) is 49.4 Å². The van der Waals surface area contributed by atoms with Crippen LogP contribution in [0.2, 0.25) is 0 Å². The lowest BCUT2D eigenvalue weighted by Gasteiger charge is -2.15. The van der Waals surface area contributed by atoms with E-state index >= 15 is 0 Å². The molecule has 0 saturated heterocycles. The molecule has 0 saturated carbocycles. The van der Waals surface area contributed by atoms with Gasteiger partial charge in [-0.05, 0) is 40.0 Å². The number of amides is 5. The summed E-state index contributed by atoms with van der Waals surface area (Å²) in [5.74, 6) is -3.35. The molecule has 0 spiro atoms. The lowest BCUT2D eigenvalue weighted by Crippen LogP contribution is -2.44. The zero-order valence-corrected chi connectivity index (χ0v) is 29.6. The van der Waals surface area contributed by atoms with Gasteiger partial charge in [-0.3, -0.25) is 28.8 Å². The van der Waals surface area contributed by atoms with Crippen molar-refractivity contribution in [2.24, 2.45) is 17.4 Å². The molecular formula is C33H49N7O8S. The van der Waals surface area contributed by atoms with Gasteiger partial charge in [0.1, 0.15) is 12.3 Å². The number of rotatable bonds is 13. The van der Waals surface area contributed by atoms with E-state index in [9.17, 15) is 28.8 Å². The quantitative estimate of drug-likeness (QED) is 0.141. The van der Waals surface area contributed by atoms with Gasteiger partial charge in [0.2, 0.25) is 29.5 Å². The molecule has 270 valence electrons. The van der Waals surface area contributed by atoms with Crippen LogP contribution in [0.1, 0.15) is 37.5 Å². The van der Waals surface area contributed by atoms with Crippen LogP contribution in [-0.2, 0) is 33.6 Å². The summed E-state index contributed by atoms with van der Waals surface area (Å²) in [6, 6.07) is 19.0. The number of carbonyl (C=O) groups excluding carboxylic acids is 6. The fourth-order valence-corrected chi connectivity index (χ4v) is 3.59. The van der Waals surface area contributed by atoms with Gasteiger partial charge in [0.15, 0.2) is 0 Å². The SMILES string of the molecule is CC(=O)O.CC(CSCC(=O)NCC(=O)NCC(=O)NCC=O)C(=O)NC(C)C(N)=O.CN.Cc1ccc(C#N)cc1.Cc1ccccc1. The predicted octanol–water partition coefficient (Wildman–Crippen LogP) is 0.421. The number of nitrogens with two attached hydrogens (primary N) is 2. The fourth-order valence-electron chi connectivity index (χ4n) is 2.68. The number of primary amides is 1. The second kappa shape index (κ2) is 31.3. The highest BCUT2D eigenvalue weighted by Gasteiger charge is 2.18. The standard InChI is InChI=1S/C15H25N5O6S.C8H7N.C7H8.C2H4O2.CH5N/c1-9(15(26)20-10(2)14(16)25)7-27-8-13(24)19-6-12(23)18-5-11(22)17-3-4-21;1-7-2-4-8(6-9)5-3-7;1-7-5-3-2-4-6-7;1-2(3)4;1-2/h4,9-10H,3,5-8H2,1-2H3,(H2,16,25)(H,17,22)(H,18,23)(H,19,24)(H,20,26);2-5H,1H3;2-6H,1H3;1H3,(H,3,4);2H2,1H3. The van der Waals surface area contributed by atoms with Gasteiger partial charge in [0, 0.05) is 18.6 Å². The van der Waals surface area contributed by atoms with Crippen molar-refractivity contribution in [1.82, 2.24) is 21.3 Å². The highest BCUT2D eigenvalue weighted by atomic mass is 32.2. The van der Waals surface area contributed by atoms with Gasteiger partial charge >= 0.3 is 0 Å². The molecule has 0 fully saturated rings. The van der Waals surface area contributed by atoms with Crippen LogP contribution >= 0.6 is 11.8 Å². The summed E-state index contributed by atoms with van der Waals surface area (Å²) < 4.78 is 0. The number of aryl methyl sites for hydroxylation is 2. The number of aldehydes is 1. The summed E-state index contributed by atoms with van der Waals surface area (Å²) >= 11 is 1.19. The van der Waals surface area contributed by atoms with E-state index in [-0.39, 0.29) is 31.3 Å². The molecule has 5 amide bonds. The largest absolute Gasteiger partial charge is 0.481 e. The molecule has 9 N–H and O–H groups in total. The predicted molar refractivity (Wildman–Crippen MR) is 189 cm³/mol. The monoisotopic (exact) mass is 703 g/mol. The number of nitriles is 1. The van der Waals surface area contributed by atoms with Crippen LogP contribution in [0.25, 0.3) is 0 Å². The van der Waals surface area contributed by atoms with Crippen molar-refractivity contribution < 1.29 is 38.7 Å². The van der Waals surface area contributed by atoms with E-state index in [0.717, 1.165) is 12.5 Å². The maximum absolute atomic E-state index is 11.8. The van der Waals surface area contributed by atoms with E-state index < -0.39 is 41.6 Å². The molecule has 2 aromatic carbocycles. The van der Waals surface area contributed by atoms with Gasteiger partial charge in [-0.2, -0.15) is 17.0 Å². The highest BCUT2D eigenvalue weighted by Crippen LogP contribution is 2.08. The van der Waals surface area contributed by atoms with Crippen LogP contribution in [-0.4, -0.2) is 91.1 Å². The first-order chi connectivity index (χ1) is 23.1. The normalized spacial score (nSPS) is 10.2. The molecule has 16 heteroatoms. The zero-order chi connectivity index (χ0) is 38.2. The maximum Gasteiger partial charge on any atom is 0.300 e. The number of benzene rings is 2. The summed E-state index contributed by atoms with van der Waals surface area (Å²) in [5.41, 5.74) is 12.8. The lowest BCUT2D eigenvalue weighted by atomic mass is 10.2. The number of nitrogens with one attached hydrogen (secondary N) is 4. The van der Waals surface area contributed by atoms with Crippen molar-refractivity contribution >= 4 is 53.6 Å². The van der Waals surface area contributed by atoms with Crippen molar-refractivity contribution in [3.8, 4) is 6.07 Å². The molecule has 2 atom stereocenters. The minimum Gasteiger partial charge on any atom is -0.481 e. The number of carboxylic acid groups (broad SMARTS) is 1. The minimum absolute atomic E-state index is 0.0378. The molecule has 49 heavy (non-hydrogen) atoms. The molecular weight excluding hydrogens is 654 g/mol. The van der Waals surface area contributed by atoms with Crippen molar-refractivity contribution in [2.75, 3.05) is 38.2 Å². The zero-order valence-electron chi connectivity index (χ0n) is 28.8. The summed E-state index contributed by atoms with van der Waals surface area (Å²) in [7, 11) is 1.50. The van der Waals surface area contributed by atoms with Crippen molar-refractivity contribution in [3.63, 3.8) is 0 Å². The Kier molecular flexibility index (Phi) is 30.8. The first-order valence-corrected chi connectivity index (χ1v) is 15.9. The average molecular weight is 704 g/mol. The molecule has 15 nitrogen and oxygen atoms in total. The van der Waals surface area contributed by atoms with Crippen molar-refractivity contribution in [2.45, 2.75) is 40.7 Å². The van der Waals surface area contributed by atoms with E-state index in [0.29, 0.717) is 12.0 Å². The molecule has 2 unspecified atom stereocenters. The Labute approximate surface area is 291 Å². The van der Waals surface area contributed by atoms with Crippen molar-refractivity contribution in [3.05, 3.63) is 71.3 Å². The van der Waals surface area contributed by atoms with Crippen LogP contribution in [0.3, 0.4) is 0 Å². The third-order valence-corrected chi connectivity index (χ3v) is 6.43. The molecule has 0 radical (unpaired) electrons. The van der Waals surface area contributed by atoms with Gasteiger partial charge in [-0.25, -0.2) is 0 Å². The average Bonchev–Trinajstić information content (AvgIpc) is 3.07. The van der Waals surface area contributed by atoms with Crippen LogP contribution in [0.4, 0.5) is 0 Å². The minimum atomic E-state index is -0.833. The Bertz CT molecular complexity index is 1320. The number of aliphatic carboxylic acids is 1. The second-order valence-corrected chi connectivity index (χ2v) is 10.8. The third kappa shape index (κ3) is 32.5. The van der Waals surface area contributed by atoms with Gasteiger partial charge < -0.3 is 42.6 Å². The lowest BCUT2D eigenvalue weighted by molar-refractivity contribution is -0.134. The van der Waals surface area contributed by atoms with E-state index in [1.54, 1.807) is 6.92 Å². The third-order valence-electron chi connectivity index (χ3n) is 5.23. The Balaban J connectivity index is -0.000000764. The Morgan fingerprint density at radius 2 is 1.33 bits per heavy atom. The topological polar surface area (TPSA) is 264 Å². The van der Waals surface area contributed by atoms with Crippen molar-refractivity contribution in [1.29, 1.82) is 5.26 Å². The first kappa shape index (κ1) is 48.1. The molecule has 0 aliphatic carbocycles. The number of carbonyl (C=O) groups is 7. The molecule has 0 aliphatic rings. The molecule has 2 rings (SSSR count). The smallest absolute Gasteiger partial charge is 0.300 e. The van der Waals surface area contributed by atoms with Crippen LogP contribution < -0.4 is 32.7 Å². The molecule has 0 bridgehead atoms. The molecule has 0 heterocycles. The molecule has 0 aliphatic heterocycles. The van der Waals surface area contributed by atoms with E-state index in [2.05, 4.69) is 52.1 Å². The Morgan fingerprint density at radius 3 is 1.76 bits per heavy atom. The number of nitrogens with zero attached hydrogens (tertiary/aromatic N) is 1. The summed E-state index contributed by atoms with van der Waals surface area (Å²) in [6.45, 7) is 7.56. The van der Waals surface area contributed by atoms with Gasteiger partial charge in [0.05, 0.1) is 37.0 Å². The Hall–Kier alpha value is -5.27. The Morgan fingerprint density at radius 1 is 0.857 bits per heavy atom. The second-order valence-electron chi connectivity index (χ2n) is 9.72. The summed E-state index contributed by atoms with van der Waals surface area (Å²) in [6.07, 6.45) is 0.514. The number of carboxylic acids is 1. The number of thioether (sulfide) groups is 1. The van der Waals surface area contributed by atoms with Crippen LogP contribution in [0, 0.1) is 31.1 Å². The highest BCUT2D eigenvalue weighted by molar-refractivity contribution is 7.99. The maximum atomic E-state index is 11.8. The van der Waals surface area contributed by atoms with Gasteiger partial charge in [-0.1, -0.05) is 60.5 Å². The van der Waals surface area contributed by atoms with Gasteiger partial charge in [-0.15, -0.1) is 0 Å². The van der Waals surface area contributed by atoms with E-state index in [4.69, 9.17) is 20.9 Å². The summed E-state index contributed by atoms with van der Waals surface area (Å²) in [4.78, 5) is 76.1. The first-order valence-electron chi connectivity index (χ1n) is 14.8. The van der Waals surface area contributed by atoms with E-state index in [1.165, 1.54) is 36.9 Å². The van der Waals surface area contributed by atoms with Crippen LogP contribution in [0.15, 0.2) is 54.6 Å². The number of hydrogen-bond acceptors (Lipinski definition) is 10. The molecule has 0 aromatic heterocycles. The summed E-state index contributed by atoms with van der Waals surface area (Å²) in [5, 5.41) is 25.2.